The highest BCUT2D eigenvalue weighted by Gasteiger charge is 2.17. The maximum Gasteiger partial charge on any atom is 0.235 e. The van der Waals surface area contributed by atoms with Crippen molar-refractivity contribution in [1.29, 1.82) is 0 Å². The molecule has 0 aliphatic rings. The van der Waals surface area contributed by atoms with E-state index in [1.807, 2.05) is 18.2 Å². The lowest BCUT2D eigenvalue weighted by molar-refractivity contribution is 0.631. The standard InChI is InChI=1S/C14H7ClFN5S/c15-8-4-5-9(10(16)7-8)13-20-21-12(18-19-14(21)22-13)11-3-1-2-6-17-11/h1-7H. The zero-order chi connectivity index (χ0) is 15.1. The Balaban J connectivity index is 1.87. The van der Waals surface area contributed by atoms with Gasteiger partial charge in [-0.3, -0.25) is 4.98 Å². The maximum atomic E-state index is 14.0. The zero-order valence-electron chi connectivity index (χ0n) is 10.9. The van der Waals surface area contributed by atoms with Crippen LogP contribution in [-0.4, -0.2) is 24.8 Å². The molecule has 0 N–H and O–H groups in total. The molecule has 4 aromatic rings. The Labute approximate surface area is 133 Å². The molecule has 0 saturated heterocycles. The molecular formula is C14H7ClFN5S. The van der Waals surface area contributed by atoms with E-state index in [-0.39, 0.29) is 0 Å². The molecule has 0 amide bonds. The summed E-state index contributed by atoms with van der Waals surface area (Å²) in [5, 5.41) is 13.4. The van der Waals surface area contributed by atoms with Gasteiger partial charge in [-0.1, -0.05) is 29.0 Å². The van der Waals surface area contributed by atoms with Gasteiger partial charge in [0.05, 0.1) is 0 Å². The van der Waals surface area contributed by atoms with Crippen LogP contribution < -0.4 is 0 Å². The van der Waals surface area contributed by atoms with Gasteiger partial charge in [0.25, 0.3) is 0 Å². The smallest absolute Gasteiger partial charge is 0.235 e. The molecule has 0 spiro atoms. The van der Waals surface area contributed by atoms with Crippen molar-refractivity contribution in [2.24, 2.45) is 0 Å². The summed E-state index contributed by atoms with van der Waals surface area (Å²) in [6.07, 6.45) is 1.67. The monoisotopic (exact) mass is 331 g/mol. The molecule has 3 aromatic heterocycles. The minimum absolute atomic E-state index is 0.346. The topological polar surface area (TPSA) is 56.0 Å². The van der Waals surface area contributed by atoms with E-state index in [1.165, 1.54) is 17.4 Å². The Kier molecular flexibility index (Phi) is 3.09. The third-order valence-corrected chi connectivity index (χ3v) is 4.21. The summed E-state index contributed by atoms with van der Waals surface area (Å²) in [6, 6.07) is 9.98. The van der Waals surface area contributed by atoms with Crippen LogP contribution in [0.25, 0.3) is 27.1 Å². The second kappa shape index (κ2) is 5.11. The van der Waals surface area contributed by atoms with E-state index in [0.29, 0.717) is 32.1 Å². The van der Waals surface area contributed by atoms with E-state index < -0.39 is 5.82 Å². The summed E-state index contributed by atoms with van der Waals surface area (Å²) in [5.74, 6) is 0.101. The van der Waals surface area contributed by atoms with Gasteiger partial charge in [0.2, 0.25) is 10.8 Å². The normalized spacial score (nSPS) is 11.2. The molecule has 0 radical (unpaired) electrons. The summed E-state index contributed by atoms with van der Waals surface area (Å²) >= 11 is 7.03. The number of benzene rings is 1. The number of hydrogen-bond donors (Lipinski definition) is 0. The maximum absolute atomic E-state index is 14.0. The Morgan fingerprint density at radius 1 is 1.14 bits per heavy atom. The van der Waals surface area contributed by atoms with Crippen molar-refractivity contribution >= 4 is 27.9 Å². The van der Waals surface area contributed by atoms with Gasteiger partial charge in [-0.2, -0.15) is 9.61 Å². The first-order valence-corrected chi connectivity index (χ1v) is 7.51. The van der Waals surface area contributed by atoms with Crippen molar-refractivity contribution in [1.82, 2.24) is 24.8 Å². The fraction of sp³-hybridized carbons (Fsp3) is 0. The Bertz CT molecular complexity index is 966. The van der Waals surface area contributed by atoms with Crippen LogP contribution in [0.2, 0.25) is 5.02 Å². The number of nitrogens with zero attached hydrogens (tertiary/aromatic N) is 5. The predicted molar refractivity (Wildman–Crippen MR) is 82.3 cm³/mol. The fourth-order valence-corrected chi connectivity index (χ4v) is 3.07. The SMILES string of the molecule is Fc1cc(Cl)ccc1-c1nn2c(-c3ccccn3)nnc2s1. The summed E-state index contributed by atoms with van der Waals surface area (Å²) in [4.78, 5) is 4.81. The van der Waals surface area contributed by atoms with E-state index in [9.17, 15) is 4.39 Å². The molecule has 0 bridgehead atoms. The molecule has 0 fully saturated rings. The number of hydrogen-bond acceptors (Lipinski definition) is 5. The number of pyridine rings is 1. The Morgan fingerprint density at radius 2 is 2.05 bits per heavy atom. The average Bonchev–Trinajstić information content (AvgIpc) is 3.08. The van der Waals surface area contributed by atoms with Gasteiger partial charge >= 0.3 is 0 Å². The van der Waals surface area contributed by atoms with Crippen molar-refractivity contribution in [2.45, 2.75) is 0 Å². The van der Waals surface area contributed by atoms with Crippen LogP contribution in [0.1, 0.15) is 0 Å². The van der Waals surface area contributed by atoms with E-state index in [2.05, 4.69) is 20.3 Å². The lowest BCUT2D eigenvalue weighted by Crippen LogP contribution is -1.93. The second-order valence-electron chi connectivity index (χ2n) is 4.46. The molecule has 4 rings (SSSR count). The first-order chi connectivity index (χ1) is 10.7. The van der Waals surface area contributed by atoms with Gasteiger partial charge in [0.1, 0.15) is 11.5 Å². The van der Waals surface area contributed by atoms with Crippen molar-refractivity contribution in [2.75, 3.05) is 0 Å². The second-order valence-corrected chi connectivity index (χ2v) is 5.86. The van der Waals surface area contributed by atoms with Crippen LogP contribution in [-0.2, 0) is 0 Å². The van der Waals surface area contributed by atoms with Gasteiger partial charge in [-0.05, 0) is 30.3 Å². The van der Waals surface area contributed by atoms with Crippen LogP contribution >= 0.6 is 22.9 Å². The quantitative estimate of drug-likeness (QED) is 0.562. The molecule has 1 aromatic carbocycles. The number of rotatable bonds is 2. The molecule has 108 valence electrons. The summed E-state index contributed by atoms with van der Waals surface area (Å²) in [5.41, 5.74) is 1.04. The lowest BCUT2D eigenvalue weighted by atomic mass is 10.2. The number of fused-ring (bicyclic) bond motifs is 1. The van der Waals surface area contributed by atoms with E-state index in [0.717, 1.165) is 0 Å². The zero-order valence-corrected chi connectivity index (χ0v) is 12.5. The van der Waals surface area contributed by atoms with Gasteiger partial charge in [0.15, 0.2) is 5.01 Å². The molecule has 0 unspecified atom stereocenters. The van der Waals surface area contributed by atoms with Crippen molar-refractivity contribution in [3.63, 3.8) is 0 Å². The van der Waals surface area contributed by atoms with Crippen molar-refractivity contribution in [3.05, 3.63) is 53.4 Å². The Morgan fingerprint density at radius 3 is 2.82 bits per heavy atom. The van der Waals surface area contributed by atoms with Crippen molar-refractivity contribution < 1.29 is 4.39 Å². The highest BCUT2D eigenvalue weighted by Crippen LogP contribution is 2.30. The number of halogens is 2. The van der Waals surface area contributed by atoms with E-state index in [1.54, 1.807) is 22.8 Å². The fourth-order valence-electron chi connectivity index (χ4n) is 2.04. The molecule has 8 heteroatoms. The van der Waals surface area contributed by atoms with Crippen LogP contribution in [0, 0.1) is 5.82 Å². The largest absolute Gasteiger partial charge is 0.253 e. The third-order valence-electron chi connectivity index (χ3n) is 3.05. The highest BCUT2D eigenvalue weighted by atomic mass is 35.5. The molecule has 0 saturated carbocycles. The minimum atomic E-state index is -0.420. The van der Waals surface area contributed by atoms with Crippen LogP contribution in [0.4, 0.5) is 4.39 Å². The predicted octanol–water partition coefficient (Wildman–Crippen LogP) is 3.71. The molecule has 3 heterocycles. The molecule has 0 aliphatic carbocycles. The molecule has 5 nitrogen and oxygen atoms in total. The van der Waals surface area contributed by atoms with Gasteiger partial charge < -0.3 is 0 Å². The van der Waals surface area contributed by atoms with Crippen LogP contribution in [0.15, 0.2) is 42.6 Å². The van der Waals surface area contributed by atoms with Crippen molar-refractivity contribution in [3.8, 4) is 22.1 Å². The summed E-state index contributed by atoms with van der Waals surface area (Å²) < 4.78 is 15.6. The molecule has 0 atom stereocenters. The van der Waals surface area contributed by atoms with Gasteiger partial charge in [-0.25, -0.2) is 4.39 Å². The van der Waals surface area contributed by atoms with E-state index >= 15 is 0 Å². The molecular weight excluding hydrogens is 325 g/mol. The Hall–Kier alpha value is -2.38. The van der Waals surface area contributed by atoms with Crippen LogP contribution in [0.5, 0.6) is 0 Å². The minimum Gasteiger partial charge on any atom is -0.253 e. The van der Waals surface area contributed by atoms with Crippen LogP contribution in [0.3, 0.4) is 0 Å². The first kappa shape index (κ1) is 13.3. The average molecular weight is 332 g/mol. The molecule has 22 heavy (non-hydrogen) atoms. The summed E-state index contributed by atoms with van der Waals surface area (Å²) in [6.45, 7) is 0. The van der Waals surface area contributed by atoms with Gasteiger partial charge in [0, 0.05) is 16.8 Å². The first-order valence-electron chi connectivity index (χ1n) is 6.31. The highest BCUT2D eigenvalue weighted by molar-refractivity contribution is 7.19. The van der Waals surface area contributed by atoms with Gasteiger partial charge in [-0.15, -0.1) is 10.2 Å². The third kappa shape index (κ3) is 2.15. The number of aromatic nitrogens is 5. The van der Waals surface area contributed by atoms with E-state index in [4.69, 9.17) is 11.6 Å². The lowest BCUT2D eigenvalue weighted by Gasteiger charge is -1.98. The summed E-state index contributed by atoms with van der Waals surface area (Å²) in [7, 11) is 0. The molecule has 0 aliphatic heterocycles.